The number of thiocarbonyl (C=S) groups is 1. The lowest BCUT2D eigenvalue weighted by molar-refractivity contribution is 0.557. The van der Waals surface area contributed by atoms with Gasteiger partial charge in [-0.3, -0.25) is 0 Å². The molecule has 0 aliphatic heterocycles. The molecular formula is C13H28N2O2S2. The SMILES string of the molecule is CCCCCCCCCCNS(=O)(=O)C(C)C(N)=S. The van der Waals surface area contributed by atoms with Crippen molar-refractivity contribution in [2.75, 3.05) is 6.54 Å². The molecule has 0 aromatic heterocycles. The van der Waals surface area contributed by atoms with Gasteiger partial charge < -0.3 is 5.73 Å². The summed E-state index contributed by atoms with van der Waals surface area (Å²) in [4.78, 5) is 0.0171. The predicted molar refractivity (Wildman–Crippen MR) is 85.8 cm³/mol. The van der Waals surface area contributed by atoms with Crippen molar-refractivity contribution in [3.05, 3.63) is 0 Å². The van der Waals surface area contributed by atoms with Gasteiger partial charge in [-0.05, 0) is 13.3 Å². The highest BCUT2D eigenvalue weighted by Crippen LogP contribution is 2.08. The minimum Gasteiger partial charge on any atom is -0.392 e. The zero-order chi connectivity index (χ0) is 14.7. The van der Waals surface area contributed by atoms with Crippen molar-refractivity contribution in [3.63, 3.8) is 0 Å². The van der Waals surface area contributed by atoms with E-state index in [4.69, 9.17) is 18.0 Å². The van der Waals surface area contributed by atoms with Crippen molar-refractivity contribution in [1.82, 2.24) is 4.72 Å². The molecule has 6 heteroatoms. The number of rotatable bonds is 12. The Hall–Kier alpha value is -0.200. The maximum absolute atomic E-state index is 11.7. The van der Waals surface area contributed by atoms with Gasteiger partial charge in [-0.15, -0.1) is 0 Å². The van der Waals surface area contributed by atoms with Gasteiger partial charge in [0, 0.05) is 6.54 Å². The largest absolute Gasteiger partial charge is 0.392 e. The molecule has 0 aliphatic rings. The molecule has 4 nitrogen and oxygen atoms in total. The van der Waals surface area contributed by atoms with E-state index in [9.17, 15) is 8.42 Å². The maximum atomic E-state index is 11.7. The van der Waals surface area contributed by atoms with Crippen LogP contribution in [-0.2, 0) is 10.0 Å². The summed E-state index contributed by atoms with van der Waals surface area (Å²) in [6.45, 7) is 4.20. The fourth-order valence-electron chi connectivity index (χ4n) is 1.75. The Balaban J connectivity index is 3.56. The molecule has 0 amide bonds. The summed E-state index contributed by atoms with van der Waals surface area (Å²) in [7, 11) is -3.38. The number of sulfonamides is 1. The van der Waals surface area contributed by atoms with Crippen LogP contribution in [0.25, 0.3) is 0 Å². The van der Waals surface area contributed by atoms with Gasteiger partial charge in [-0.2, -0.15) is 0 Å². The molecule has 19 heavy (non-hydrogen) atoms. The Morgan fingerprint density at radius 1 is 1.11 bits per heavy atom. The summed E-state index contributed by atoms with van der Waals surface area (Å²) in [5.41, 5.74) is 5.34. The van der Waals surface area contributed by atoms with Crippen molar-refractivity contribution in [1.29, 1.82) is 0 Å². The summed E-state index contributed by atoms with van der Waals surface area (Å²) in [6, 6.07) is 0. The number of nitrogens with two attached hydrogens (primary N) is 1. The number of unbranched alkanes of at least 4 members (excludes halogenated alkanes) is 7. The zero-order valence-electron chi connectivity index (χ0n) is 12.2. The minimum atomic E-state index is -3.38. The molecule has 0 heterocycles. The summed E-state index contributed by atoms with van der Waals surface area (Å²) < 4.78 is 26.0. The highest BCUT2D eigenvalue weighted by atomic mass is 32.2. The first kappa shape index (κ1) is 18.8. The van der Waals surface area contributed by atoms with Crippen LogP contribution in [0, 0.1) is 0 Å². The van der Waals surface area contributed by atoms with Gasteiger partial charge >= 0.3 is 0 Å². The second-order valence-electron chi connectivity index (χ2n) is 4.96. The van der Waals surface area contributed by atoms with E-state index >= 15 is 0 Å². The second-order valence-corrected chi connectivity index (χ2v) is 7.52. The third-order valence-corrected chi connectivity index (χ3v) is 5.49. The molecule has 0 saturated carbocycles. The quantitative estimate of drug-likeness (QED) is 0.429. The van der Waals surface area contributed by atoms with Crippen LogP contribution in [0.5, 0.6) is 0 Å². The maximum Gasteiger partial charge on any atom is 0.220 e. The Kier molecular flexibility index (Phi) is 10.5. The molecule has 0 aromatic carbocycles. The van der Waals surface area contributed by atoms with Crippen LogP contribution in [0.3, 0.4) is 0 Å². The first-order valence-corrected chi connectivity index (χ1v) is 9.15. The monoisotopic (exact) mass is 308 g/mol. The molecule has 0 fully saturated rings. The molecule has 0 aliphatic carbocycles. The van der Waals surface area contributed by atoms with Gasteiger partial charge in [0.1, 0.15) is 5.25 Å². The van der Waals surface area contributed by atoms with Crippen LogP contribution in [0.4, 0.5) is 0 Å². The standard InChI is InChI=1S/C13H28N2O2S2/c1-3-4-5-6-7-8-9-10-11-15-19(16,17)12(2)13(14)18/h12,15H,3-11H2,1-2H3,(H2,14,18). The van der Waals surface area contributed by atoms with Gasteiger partial charge in [0.15, 0.2) is 0 Å². The highest BCUT2D eigenvalue weighted by molar-refractivity contribution is 7.93. The van der Waals surface area contributed by atoms with Crippen molar-refractivity contribution < 1.29 is 8.42 Å². The van der Waals surface area contributed by atoms with E-state index in [1.807, 2.05) is 0 Å². The Morgan fingerprint density at radius 3 is 2.05 bits per heavy atom. The van der Waals surface area contributed by atoms with Gasteiger partial charge in [-0.1, -0.05) is 64.1 Å². The lowest BCUT2D eigenvalue weighted by Crippen LogP contribution is -2.40. The van der Waals surface area contributed by atoms with E-state index in [1.54, 1.807) is 0 Å². The van der Waals surface area contributed by atoms with Gasteiger partial charge in [0.25, 0.3) is 0 Å². The smallest absolute Gasteiger partial charge is 0.220 e. The Morgan fingerprint density at radius 2 is 1.58 bits per heavy atom. The third-order valence-electron chi connectivity index (χ3n) is 3.20. The Bertz CT molecular complexity index is 343. The van der Waals surface area contributed by atoms with Crippen LogP contribution in [-0.4, -0.2) is 25.2 Å². The van der Waals surface area contributed by atoms with Crippen molar-refractivity contribution in [2.24, 2.45) is 5.73 Å². The summed E-state index contributed by atoms with van der Waals surface area (Å²) in [5, 5.41) is -0.795. The van der Waals surface area contributed by atoms with Crippen molar-refractivity contribution in [3.8, 4) is 0 Å². The summed E-state index contributed by atoms with van der Waals surface area (Å²) >= 11 is 4.70. The van der Waals surface area contributed by atoms with Gasteiger partial charge in [0.05, 0.1) is 4.99 Å². The first-order valence-electron chi connectivity index (χ1n) is 7.19. The summed E-state index contributed by atoms with van der Waals surface area (Å²) in [5.74, 6) is 0. The van der Waals surface area contributed by atoms with Crippen LogP contribution in [0.1, 0.15) is 65.2 Å². The van der Waals surface area contributed by atoms with Gasteiger partial charge in [0.2, 0.25) is 10.0 Å². The van der Waals surface area contributed by atoms with Crippen molar-refractivity contribution in [2.45, 2.75) is 70.5 Å². The first-order chi connectivity index (χ1) is 8.91. The van der Waals surface area contributed by atoms with E-state index in [1.165, 1.54) is 45.4 Å². The molecule has 0 spiro atoms. The van der Waals surface area contributed by atoms with E-state index in [2.05, 4.69) is 11.6 Å². The van der Waals surface area contributed by atoms with Gasteiger partial charge in [-0.25, -0.2) is 13.1 Å². The van der Waals surface area contributed by atoms with E-state index in [0.29, 0.717) is 6.54 Å². The molecule has 0 saturated heterocycles. The number of hydrogen-bond donors (Lipinski definition) is 2. The normalized spacial score (nSPS) is 13.4. The van der Waals surface area contributed by atoms with Crippen molar-refractivity contribution >= 4 is 27.2 Å². The Labute approximate surface area is 123 Å². The number of hydrogen-bond acceptors (Lipinski definition) is 3. The van der Waals surface area contributed by atoms with E-state index in [0.717, 1.165) is 12.8 Å². The highest BCUT2D eigenvalue weighted by Gasteiger charge is 2.22. The zero-order valence-corrected chi connectivity index (χ0v) is 13.8. The minimum absolute atomic E-state index is 0.0171. The average Bonchev–Trinajstić information content (AvgIpc) is 2.35. The van der Waals surface area contributed by atoms with Crippen LogP contribution < -0.4 is 10.5 Å². The fraction of sp³-hybridized carbons (Fsp3) is 0.923. The fourth-order valence-corrected chi connectivity index (χ4v) is 3.12. The lowest BCUT2D eigenvalue weighted by Gasteiger charge is -2.12. The molecule has 0 aromatic rings. The van der Waals surface area contributed by atoms with E-state index < -0.39 is 15.3 Å². The molecule has 3 N–H and O–H groups in total. The molecule has 1 atom stereocenters. The van der Waals surface area contributed by atoms with Crippen LogP contribution in [0.15, 0.2) is 0 Å². The average molecular weight is 309 g/mol. The molecule has 0 radical (unpaired) electrons. The molecule has 1 unspecified atom stereocenters. The molecule has 0 bridgehead atoms. The van der Waals surface area contributed by atoms with Crippen LogP contribution >= 0.6 is 12.2 Å². The number of nitrogens with one attached hydrogen (secondary N) is 1. The second kappa shape index (κ2) is 10.6. The molecule has 0 rings (SSSR count). The topological polar surface area (TPSA) is 72.2 Å². The molecular weight excluding hydrogens is 280 g/mol. The third kappa shape index (κ3) is 9.35. The van der Waals surface area contributed by atoms with E-state index in [-0.39, 0.29) is 4.99 Å². The summed E-state index contributed by atoms with van der Waals surface area (Å²) in [6.07, 6.45) is 9.55. The molecule has 114 valence electrons. The predicted octanol–water partition coefficient (Wildman–Crippen LogP) is 2.72. The lowest BCUT2D eigenvalue weighted by atomic mass is 10.1. The van der Waals surface area contributed by atoms with Crippen LogP contribution in [0.2, 0.25) is 0 Å².